The fourth-order valence-corrected chi connectivity index (χ4v) is 2.74. The van der Waals surface area contributed by atoms with E-state index in [2.05, 4.69) is 4.74 Å². The number of carboxylic acid groups (broad SMARTS) is 1. The summed E-state index contributed by atoms with van der Waals surface area (Å²) in [7, 11) is 0. The summed E-state index contributed by atoms with van der Waals surface area (Å²) in [6.07, 6.45) is 3.99. The molecule has 0 amide bonds. The lowest BCUT2D eigenvalue weighted by Gasteiger charge is -2.33. The summed E-state index contributed by atoms with van der Waals surface area (Å²) in [5.41, 5.74) is -0.206. The van der Waals surface area contributed by atoms with Crippen LogP contribution in [0.5, 0.6) is 5.75 Å². The molecule has 1 aromatic rings. The van der Waals surface area contributed by atoms with E-state index in [-0.39, 0.29) is 5.75 Å². The molecule has 5 heteroatoms. The average molecular weight is 270 g/mol. The second kappa shape index (κ2) is 5.55. The van der Waals surface area contributed by atoms with Crippen LogP contribution in [0.3, 0.4) is 0 Å². The summed E-state index contributed by atoms with van der Waals surface area (Å²) in [6.45, 7) is -2.87. The van der Waals surface area contributed by atoms with Gasteiger partial charge in [-0.15, -0.1) is 0 Å². The Bertz CT molecular complexity index is 437. The molecule has 19 heavy (non-hydrogen) atoms. The van der Waals surface area contributed by atoms with Crippen LogP contribution >= 0.6 is 0 Å². The second-order valence-electron chi connectivity index (χ2n) is 4.85. The van der Waals surface area contributed by atoms with Crippen LogP contribution in [0.2, 0.25) is 0 Å². The Labute approximate surface area is 110 Å². The van der Waals surface area contributed by atoms with Crippen molar-refractivity contribution in [3.63, 3.8) is 0 Å². The van der Waals surface area contributed by atoms with Crippen molar-refractivity contribution in [3.05, 3.63) is 29.8 Å². The first-order valence-electron chi connectivity index (χ1n) is 6.33. The molecule has 2 rings (SSSR count). The maximum absolute atomic E-state index is 12.1. The van der Waals surface area contributed by atoms with Gasteiger partial charge in [-0.1, -0.05) is 31.4 Å². The summed E-state index contributed by atoms with van der Waals surface area (Å²) in [5, 5.41) is 9.51. The van der Waals surface area contributed by atoms with Crippen LogP contribution < -0.4 is 4.74 Å². The van der Waals surface area contributed by atoms with Crippen molar-refractivity contribution in [2.24, 2.45) is 0 Å². The third-order valence-electron chi connectivity index (χ3n) is 3.75. The first kappa shape index (κ1) is 13.8. The molecule has 1 aromatic carbocycles. The summed E-state index contributed by atoms with van der Waals surface area (Å²) in [4.78, 5) is 11.6. The van der Waals surface area contributed by atoms with E-state index >= 15 is 0 Å². The zero-order valence-corrected chi connectivity index (χ0v) is 10.4. The van der Waals surface area contributed by atoms with Crippen LogP contribution in [0, 0.1) is 0 Å². The Morgan fingerprint density at radius 3 is 2.21 bits per heavy atom. The first-order valence-corrected chi connectivity index (χ1v) is 6.33. The lowest BCUT2D eigenvalue weighted by molar-refractivity contribution is -0.145. The Hall–Kier alpha value is -1.65. The fraction of sp³-hybridized carbons (Fsp3) is 0.500. The van der Waals surface area contributed by atoms with E-state index in [9.17, 15) is 18.7 Å². The Balaban J connectivity index is 2.25. The van der Waals surface area contributed by atoms with Gasteiger partial charge in [0.05, 0.1) is 5.41 Å². The van der Waals surface area contributed by atoms with E-state index in [1.807, 2.05) is 0 Å². The zero-order valence-electron chi connectivity index (χ0n) is 10.4. The maximum atomic E-state index is 12.1. The number of benzene rings is 1. The van der Waals surface area contributed by atoms with Crippen LogP contribution in [0.1, 0.15) is 37.7 Å². The maximum Gasteiger partial charge on any atom is 0.387 e. The molecule has 3 nitrogen and oxygen atoms in total. The largest absolute Gasteiger partial charge is 0.481 e. The lowest BCUT2D eigenvalue weighted by atomic mass is 9.69. The molecule has 0 heterocycles. The van der Waals surface area contributed by atoms with Crippen molar-refractivity contribution in [3.8, 4) is 5.75 Å². The molecule has 0 radical (unpaired) electrons. The van der Waals surface area contributed by atoms with Gasteiger partial charge in [0, 0.05) is 0 Å². The summed E-state index contributed by atoms with van der Waals surface area (Å²) >= 11 is 0. The van der Waals surface area contributed by atoms with Gasteiger partial charge in [-0.3, -0.25) is 4.79 Å². The highest BCUT2D eigenvalue weighted by Gasteiger charge is 2.41. The van der Waals surface area contributed by atoms with Gasteiger partial charge in [0.2, 0.25) is 0 Å². The molecular weight excluding hydrogens is 254 g/mol. The average Bonchev–Trinajstić information content (AvgIpc) is 2.39. The number of hydrogen-bond acceptors (Lipinski definition) is 2. The highest BCUT2D eigenvalue weighted by atomic mass is 19.3. The predicted molar refractivity (Wildman–Crippen MR) is 65.5 cm³/mol. The smallest absolute Gasteiger partial charge is 0.387 e. The molecule has 0 spiro atoms. The van der Waals surface area contributed by atoms with Gasteiger partial charge in [0.25, 0.3) is 0 Å². The van der Waals surface area contributed by atoms with Crippen molar-refractivity contribution < 1.29 is 23.4 Å². The van der Waals surface area contributed by atoms with Gasteiger partial charge >= 0.3 is 12.6 Å². The molecule has 1 fully saturated rings. The molecule has 1 aliphatic carbocycles. The van der Waals surface area contributed by atoms with Crippen molar-refractivity contribution >= 4 is 5.97 Å². The number of carbonyl (C=O) groups is 1. The standard InChI is InChI=1S/C14H16F2O3/c15-13(16)19-11-6-4-10(5-7-11)14(12(17)18)8-2-1-3-9-14/h4-7,13H,1-3,8-9H2,(H,17,18). The molecule has 104 valence electrons. The SMILES string of the molecule is O=C(O)C1(c2ccc(OC(F)F)cc2)CCCCC1. The fourth-order valence-electron chi connectivity index (χ4n) is 2.74. The van der Waals surface area contributed by atoms with Crippen molar-refractivity contribution in [1.29, 1.82) is 0 Å². The minimum Gasteiger partial charge on any atom is -0.481 e. The summed E-state index contributed by atoms with van der Waals surface area (Å²) < 4.78 is 28.4. The second-order valence-corrected chi connectivity index (χ2v) is 4.85. The zero-order chi connectivity index (χ0) is 13.9. The number of carboxylic acids is 1. The topological polar surface area (TPSA) is 46.5 Å². The van der Waals surface area contributed by atoms with E-state index in [0.717, 1.165) is 19.3 Å². The summed E-state index contributed by atoms with van der Waals surface area (Å²) in [6, 6.07) is 5.97. The number of ether oxygens (including phenoxy) is 1. The van der Waals surface area contributed by atoms with E-state index < -0.39 is 18.0 Å². The molecule has 1 aliphatic rings. The third kappa shape index (κ3) is 2.85. The molecule has 0 aromatic heterocycles. The number of hydrogen-bond donors (Lipinski definition) is 1. The van der Waals surface area contributed by atoms with Crippen LogP contribution in [0.4, 0.5) is 8.78 Å². The van der Waals surface area contributed by atoms with Crippen LogP contribution in [0.15, 0.2) is 24.3 Å². The molecule has 1 N–H and O–H groups in total. The molecule has 0 aliphatic heterocycles. The highest BCUT2D eigenvalue weighted by Crippen LogP contribution is 2.40. The van der Waals surface area contributed by atoms with Gasteiger partial charge in [-0.2, -0.15) is 8.78 Å². The molecule has 0 bridgehead atoms. The highest BCUT2D eigenvalue weighted by molar-refractivity contribution is 5.81. The van der Waals surface area contributed by atoms with Crippen LogP contribution in [0.25, 0.3) is 0 Å². The number of aliphatic carboxylic acids is 1. The molecule has 0 atom stereocenters. The van der Waals surface area contributed by atoms with Crippen molar-refractivity contribution in [2.45, 2.75) is 44.1 Å². The van der Waals surface area contributed by atoms with Crippen molar-refractivity contribution in [1.82, 2.24) is 0 Å². The minimum absolute atomic E-state index is 0.0510. The minimum atomic E-state index is -2.87. The number of halogens is 2. The Kier molecular flexibility index (Phi) is 4.02. The van der Waals surface area contributed by atoms with Gasteiger partial charge < -0.3 is 9.84 Å². The van der Waals surface area contributed by atoms with E-state index in [0.29, 0.717) is 18.4 Å². The van der Waals surface area contributed by atoms with E-state index in [4.69, 9.17) is 0 Å². The Morgan fingerprint density at radius 1 is 1.16 bits per heavy atom. The lowest BCUT2D eigenvalue weighted by Crippen LogP contribution is -2.37. The predicted octanol–water partition coefficient (Wildman–Crippen LogP) is 3.57. The Morgan fingerprint density at radius 2 is 1.74 bits per heavy atom. The number of rotatable bonds is 4. The molecule has 1 saturated carbocycles. The van der Waals surface area contributed by atoms with E-state index in [1.165, 1.54) is 12.1 Å². The molecule has 0 saturated heterocycles. The number of alkyl halides is 2. The first-order chi connectivity index (χ1) is 9.04. The molecular formula is C14H16F2O3. The van der Waals surface area contributed by atoms with Crippen LogP contribution in [-0.2, 0) is 10.2 Å². The van der Waals surface area contributed by atoms with E-state index in [1.54, 1.807) is 12.1 Å². The van der Waals surface area contributed by atoms with Gasteiger partial charge in [0.15, 0.2) is 0 Å². The third-order valence-corrected chi connectivity index (χ3v) is 3.75. The normalized spacial score (nSPS) is 18.3. The summed E-state index contributed by atoms with van der Waals surface area (Å²) in [5.74, 6) is -0.787. The van der Waals surface area contributed by atoms with Crippen LogP contribution in [-0.4, -0.2) is 17.7 Å². The monoisotopic (exact) mass is 270 g/mol. The van der Waals surface area contributed by atoms with Gasteiger partial charge in [0.1, 0.15) is 5.75 Å². The van der Waals surface area contributed by atoms with Gasteiger partial charge in [-0.25, -0.2) is 0 Å². The van der Waals surface area contributed by atoms with Crippen molar-refractivity contribution in [2.75, 3.05) is 0 Å². The van der Waals surface area contributed by atoms with Gasteiger partial charge in [-0.05, 0) is 30.5 Å². The molecule has 0 unspecified atom stereocenters. The quantitative estimate of drug-likeness (QED) is 0.909.